The molecule has 0 heterocycles. The molecule has 0 aliphatic rings. The van der Waals surface area contributed by atoms with Gasteiger partial charge in [0.05, 0.1) is 6.61 Å². The van der Waals surface area contributed by atoms with E-state index in [1.54, 1.807) is 12.1 Å². The Morgan fingerprint density at radius 3 is 2.50 bits per heavy atom. The highest BCUT2D eigenvalue weighted by molar-refractivity contribution is 6.30. The van der Waals surface area contributed by atoms with Gasteiger partial charge in [-0.25, -0.2) is 4.39 Å². The average Bonchev–Trinajstić information content (AvgIpc) is 2.00. The fraction of sp³-hybridized carbons (Fsp3) is 0.455. The van der Waals surface area contributed by atoms with Crippen molar-refractivity contribution in [2.24, 2.45) is 5.41 Å². The third-order valence-corrected chi connectivity index (χ3v) is 1.79. The van der Waals surface area contributed by atoms with Gasteiger partial charge in [-0.2, -0.15) is 0 Å². The van der Waals surface area contributed by atoms with Gasteiger partial charge in [-0.1, -0.05) is 32.4 Å². The first-order chi connectivity index (χ1) is 6.38. The smallest absolute Gasteiger partial charge is 0.166 e. The van der Waals surface area contributed by atoms with E-state index in [1.165, 1.54) is 6.07 Å². The summed E-state index contributed by atoms with van der Waals surface area (Å²) in [4.78, 5) is 0. The molecule has 1 rings (SSSR count). The number of benzene rings is 1. The van der Waals surface area contributed by atoms with Crippen LogP contribution in [0.5, 0.6) is 5.75 Å². The van der Waals surface area contributed by atoms with Crippen LogP contribution in [-0.4, -0.2) is 6.61 Å². The number of hydrogen-bond donors (Lipinski definition) is 0. The highest BCUT2D eigenvalue weighted by Gasteiger charge is 2.12. The Balaban J connectivity index is 2.68. The van der Waals surface area contributed by atoms with Gasteiger partial charge in [0.2, 0.25) is 0 Å². The van der Waals surface area contributed by atoms with Crippen LogP contribution < -0.4 is 4.74 Å². The van der Waals surface area contributed by atoms with E-state index < -0.39 is 5.82 Å². The highest BCUT2D eigenvalue weighted by Crippen LogP contribution is 2.23. The minimum absolute atomic E-state index is 0.0199. The Morgan fingerprint density at radius 1 is 1.36 bits per heavy atom. The fourth-order valence-electron chi connectivity index (χ4n) is 0.887. The van der Waals surface area contributed by atoms with Gasteiger partial charge in [0.15, 0.2) is 11.6 Å². The molecule has 3 heteroatoms. The first-order valence-electron chi connectivity index (χ1n) is 4.46. The molecular weight excluding hydrogens is 203 g/mol. The molecule has 14 heavy (non-hydrogen) atoms. The summed E-state index contributed by atoms with van der Waals surface area (Å²) in [6, 6.07) is 4.41. The molecule has 0 saturated heterocycles. The zero-order valence-corrected chi connectivity index (χ0v) is 9.36. The highest BCUT2D eigenvalue weighted by atomic mass is 35.5. The molecule has 1 aromatic carbocycles. The van der Waals surface area contributed by atoms with Crippen molar-refractivity contribution in [3.05, 3.63) is 29.0 Å². The second-order valence-corrected chi connectivity index (χ2v) is 4.86. The van der Waals surface area contributed by atoms with Crippen molar-refractivity contribution >= 4 is 11.6 Å². The third kappa shape index (κ3) is 3.54. The monoisotopic (exact) mass is 216 g/mol. The second-order valence-electron chi connectivity index (χ2n) is 4.42. The lowest BCUT2D eigenvalue weighted by molar-refractivity contribution is 0.191. The largest absolute Gasteiger partial charge is 0.490 e. The molecule has 0 amide bonds. The quantitative estimate of drug-likeness (QED) is 0.729. The zero-order valence-electron chi connectivity index (χ0n) is 8.60. The Bertz CT molecular complexity index is 318. The Morgan fingerprint density at radius 2 is 2.00 bits per heavy atom. The van der Waals surface area contributed by atoms with Gasteiger partial charge in [-0.3, -0.25) is 0 Å². The molecule has 0 fully saturated rings. The first-order valence-corrected chi connectivity index (χ1v) is 4.84. The summed E-state index contributed by atoms with van der Waals surface area (Å²) in [5, 5.41) is 0.380. The van der Waals surface area contributed by atoms with Crippen LogP contribution in [0, 0.1) is 11.2 Å². The summed E-state index contributed by atoms with van der Waals surface area (Å²) in [5.41, 5.74) is 0.0199. The van der Waals surface area contributed by atoms with Crippen molar-refractivity contribution in [3.63, 3.8) is 0 Å². The number of hydrogen-bond acceptors (Lipinski definition) is 1. The predicted molar refractivity (Wildman–Crippen MR) is 56.4 cm³/mol. The van der Waals surface area contributed by atoms with Crippen LogP contribution in [0.25, 0.3) is 0 Å². The summed E-state index contributed by atoms with van der Waals surface area (Å²) in [5.74, 6) is -0.161. The van der Waals surface area contributed by atoms with Gasteiger partial charge in [0.1, 0.15) is 0 Å². The van der Waals surface area contributed by atoms with Gasteiger partial charge >= 0.3 is 0 Å². The van der Waals surface area contributed by atoms with Crippen molar-refractivity contribution in [2.45, 2.75) is 20.8 Å². The van der Waals surface area contributed by atoms with E-state index in [9.17, 15) is 4.39 Å². The molecule has 1 nitrogen and oxygen atoms in total. The van der Waals surface area contributed by atoms with Crippen molar-refractivity contribution in [1.82, 2.24) is 0 Å². The Labute approximate surface area is 88.8 Å². The maximum atomic E-state index is 13.2. The SMILES string of the molecule is CC(C)(C)COc1ccc(Cl)cc1F. The number of ether oxygens (including phenoxy) is 1. The van der Waals surface area contributed by atoms with Crippen LogP contribution in [0.3, 0.4) is 0 Å². The number of halogens is 2. The van der Waals surface area contributed by atoms with E-state index in [1.807, 2.05) is 20.8 Å². The van der Waals surface area contributed by atoms with E-state index in [0.29, 0.717) is 11.6 Å². The molecule has 0 aromatic heterocycles. The molecule has 0 atom stereocenters. The van der Waals surface area contributed by atoms with Crippen LogP contribution in [0.2, 0.25) is 5.02 Å². The fourth-order valence-corrected chi connectivity index (χ4v) is 1.05. The van der Waals surface area contributed by atoms with E-state index in [-0.39, 0.29) is 11.2 Å². The summed E-state index contributed by atoms with van der Waals surface area (Å²) in [6.45, 7) is 6.56. The first kappa shape index (κ1) is 11.3. The maximum Gasteiger partial charge on any atom is 0.166 e. The lowest BCUT2D eigenvalue weighted by atomic mass is 9.99. The van der Waals surface area contributed by atoms with Crippen LogP contribution in [0.15, 0.2) is 18.2 Å². The van der Waals surface area contributed by atoms with Crippen molar-refractivity contribution in [3.8, 4) is 5.75 Å². The van der Waals surface area contributed by atoms with Crippen molar-refractivity contribution in [2.75, 3.05) is 6.61 Å². The van der Waals surface area contributed by atoms with Crippen LogP contribution in [0.1, 0.15) is 20.8 Å². The van der Waals surface area contributed by atoms with Gasteiger partial charge in [-0.05, 0) is 23.6 Å². The molecule has 78 valence electrons. The molecule has 0 aliphatic heterocycles. The lowest BCUT2D eigenvalue weighted by Crippen LogP contribution is -2.17. The van der Waals surface area contributed by atoms with Crippen LogP contribution >= 0.6 is 11.6 Å². The van der Waals surface area contributed by atoms with Crippen molar-refractivity contribution in [1.29, 1.82) is 0 Å². The molecule has 0 bridgehead atoms. The third-order valence-electron chi connectivity index (χ3n) is 1.55. The lowest BCUT2D eigenvalue weighted by Gasteiger charge is -2.19. The summed E-state index contributed by atoms with van der Waals surface area (Å²) >= 11 is 5.61. The predicted octanol–water partition coefficient (Wildman–Crippen LogP) is 3.90. The van der Waals surface area contributed by atoms with E-state index in [4.69, 9.17) is 16.3 Å². The molecule has 0 spiro atoms. The second kappa shape index (κ2) is 4.18. The van der Waals surface area contributed by atoms with Gasteiger partial charge in [-0.15, -0.1) is 0 Å². The van der Waals surface area contributed by atoms with Gasteiger partial charge in [0, 0.05) is 5.02 Å². The minimum Gasteiger partial charge on any atom is -0.490 e. The summed E-state index contributed by atoms with van der Waals surface area (Å²) in [6.07, 6.45) is 0. The number of rotatable bonds is 2. The average molecular weight is 217 g/mol. The van der Waals surface area contributed by atoms with E-state index in [2.05, 4.69) is 0 Å². The molecule has 0 saturated carbocycles. The summed E-state index contributed by atoms with van der Waals surface area (Å²) in [7, 11) is 0. The maximum absolute atomic E-state index is 13.2. The normalized spacial score (nSPS) is 11.5. The van der Waals surface area contributed by atoms with Crippen LogP contribution in [-0.2, 0) is 0 Å². The Hall–Kier alpha value is -0.760. The molecule has 1 aromatic rings. The topological polar surface area (TPSA) is 9.23 Å². The molecule has 0 N–H and O–H groups in total. The molecule has 0 radical (unpaired) electrons. The van der Waals surface area contributed by atoms with Gasteiger partial charge < -0.3 is 4.74 Å². The Kier molecular flexibility index (Phi) is 3.38. The molecule has 0 aliphatic carbocycles. The van der Waals surface area contributed by atoms with Crippen LogP contribution in [0.4, 0.5) is 4.39 Å². The minimum atomic E-state index is -0.415. The standard InChI is InChI=1S/C11H14ClFO/c1-11(2,3)7-14-10-5-4-8(12)6-9(10)13/h4-6H,7H2,1-3H3. The zero-order chi connectivity index (χ0) is 10.8. The molecule has 0 unspecified atom stereocenters. The summed E-state index contributed by atoms with van der Waals surface area (Å²) < 4.78 is 18.5. The van der Waals surface area contributed by atoms with Crippen molar-refractivity contribution < 1.29 is 9.13 Å². The van der Waals surface area contributed by atoms with E-state index in [0.717, 1.165) is 0 Å². The van der Waals surface area contributed by atoms with Gasteiger partial charge in [0.25, 0.3) is 0 Å². The molecular formula is C11H14ClFO. The van der Waals surface area contributed by atoms with E-state index >= 15 is 0 Å².